The van der Waals surface area contributed by atoms with Crippen molar-refractivity contribution in [2.75, 3.05) is 39.5 Å². The van der Waals surface area contributed by atoms with E-state index in [0.29, 0.717) is 13.0 Å². The van der Waals surface area contributed by atoms with Gasteiger partial charge >= 0.3 is 0 Å². The van der Waals surface area contributed by atoms with E-state index in [2.05, 4.69) is 10.6 Å². The average molecular weight is 251 g/mol. The van der Waals surface area contributed by atoms with Crippen LogP contribution in [0.5, 0.6) is 0 Å². The lowest BCUT2D eigenvalue weighted by Crippen LogP contribution is -2.34. The van der Waals surface area contributed by atoms with E-state index in [1.165, 1.54) is 14.1 Å². The van der Waals surface area contributed by atoms with Gasteiger partial charge in [0.15, 0.2) is 0 Å². The quantitative estimate of drug-likeness (QED) is 0.542. The molecule has 0 saturated heterocycles. The normalized spacial score (nSPS) is 11.8. The molecule has 0 aliphatic rings. The smallest absolute Gasteiger partial charge is 0.221 e. The molecule has 0 aliphatic carbocycles. The van der Waals surface area contributed by atoms with Crippen LogP contribution in [0.3, 0.4) is 0 Å². The lowest BCUT2D eigenvalue weighted by molar-refractivity contribution is -0.120. The highest BCUT2D eigenvalue weighted by Crippen LogP contribution is 1.92. The van der Waals surface area contributed by atoms with E-state index in [1.807, 2.05) is 6.92 Å². The number of hydrogen-bond acceptors (Lipinski definition) is 4. The van der Waals surface area contributed by atoms with Crippen LogP contribution in [0.1, 0.15) is 13.3 Å². The molecular formula is C9H21N3O3S. The summed E-state index contributed by atoms with van der Waals surface area (Å²) in [5.74, 6) is -0.192. The van der Waals surface area contributed by atoms with Gasteiger partial charge in [-0.25, -0.2) is 12.7 Å². The summed E-state index contributed by atoms with van der Waals surface area (Å²) in [6.07, 6.45) is 0.371. The fourth-order valence-corrected chi connectivity index (χ4v) is 1.69. The van der Waals surface area contributed by atoms with Gasteiger partial charge in [0.2, 0.25) is 15.9 Å². The van der Waals surface area contributed by atoms with E-state index < -0.39 is 10.0 Å². The van der Waals surface area contributed by atoms with Crippen LogP contribution in [0.4, 0.5) is 0 Å². The van der Waals surface area contributed by atoms with Crippen LogP contribution < -0.4 is 10.6 Å². The zero-order valence-electron chi connectivity index (χ0n) is 10.1. The molecule has 0 aromatic heterocycles. The van der Waals surface area contributed by atoms with Crippen molar-refractivity contribution in [3.8, 4) is 0 Å². The maximum absolute atomic E-state index is 11.3. The molecule has 96 valence electrons. The van der Waals surface area contributed by atoms with Crippen LogP contribution in [0.25, 0.3) is 0 Å². The number of nitrogens with zero attached hydrogens (tertiary/aromatic N) is 1. The molecule has 0 atom stereocenters. The molecule has 0 aromatic carbocycles. The minimum absolute atomic E-state index is 0.0626. The zero-order chi connectivity index (χ0) is 12.6. The predicted molar refractivity (Wildman–Crippen MR) is 63.6 cm³/mol. The molecule has 0 aromatic rings. The Labute approximate surface area is 97.4 Å². The van der Waals surface area contributed by atoms with Crippen LogP contribution in [-0.2, 0) is 14.8 Å². The van der Waals surface area contributed by atoms with E-state index in [-0.39, 0.29) is 18.2 Å². The van der Waals surface area contributed by atoms with Crippen LogP contribution in [-0.4, -0.2) is 58.1 Å². The van der Waals surface area contributed by atoms with Crippen LogP contribution >= 0.6 is 0 Å². The van der Waals surface area contributed by atoms with Gasteiger partial charge < -0.3 is 10.6 Å². The van der Waals surface area contributed by atoms with Crippen LogP contribution in [0.15, 0.2) is 0 Å². The first-order valence-corrected chi connectivity index (χ1v) is 6.88. The van der Waals surface area contributed by atoms with Crippen molar-refractivity contribution >= 4 is 15.9 Å². The molecule has 6 nitrogen and oxygen atoms in total. The highest BCUT2D eigenvalue weighted by atomic mass is 32.2. The van der Waals surface area contributed by atoms with E-state index in [0.717, 1.165) is 10.8 Å². The first-order valence-electron chi connectivity index (χ1n) is 5.27. The summed E-state index contributed by atoms with van der Waals surface area (Å²) in [6.45, 7) is 3.55. The summed E-state index contributed by atoms with van der Waals surface area (Å²) in [5.41, 5.74) is 0. The van der Waals surface area contributed by atoms with Gasteiger partial charge in [-0.15, -0.1) is 0 Å². The Morgan fingerprint density at radius 1 is 1.25 bits per heavy atom. The summed E-state index contributed by atoms with van der Waals surface area (Å²) in [7, 11) is -0.267. The molecule has 0 fully saturated rings. The van der Waals surface area contributed by atoms with Gasteiger partial charge in [-0.1, -0.05) is 6.92 Å². The van der Waals surface area contributed by atoms with Crippen molar-refractivity contribution < 1.29 is 13.2 Å². The van der Waals surface area contributed by atoms with Gasteiger partial charge in [-0.05, 0) is 6.54 Å². The summed E-state index contributed by atoms with van der Waals surface area (Å²) >= 11 is 0. The third kappa shape index (κ3) is 6.76. The fraction of sp³-hybridized carbons (Fsp3) is 0.889. The van der Waals surface area contributed by atoms with Crippen molar-refractivity contribution in [2.45, 2.75) is 13.3 Å². The number of carbonyl (C=O) groups is 1. The molecule has 0 heterocycles. The number of nitrogens with one attached hydrogen (secondary N) is 2. The van der Waals surface area contributed by atoms with Crippen molar-refractivity contribution in [1.82, 2.24) is 14.9 Å². The van der Waals surface area contributed by atoms with Crippen molar-refractivity contribution in [1.29, 1.82) is 0 Å². The molecule has 1 amide bonds. The zero-order valence-corrected chi connectivity index (χ0v) is 10.9. The van der Waals surface area contributed by atoms with Crippen LogP contribution in [0.2, 0.25) is 0 Å². The Morgan fingerprint density at radius 2 is 1.88 bits per heavy atom. The first-order chi connectivity index (χ1) is 7.40. The number of sulfonamides is 1. The lowest BCUT2D eigenvalue weighted by Gasteiger charge is -2.11. The summed E-state index contributed by atoms with van der Waals surface area (Å²) in [4.78, 5) is 11.2. The molecule has 0 unspecified atom stereocenters. The summed E-state index contributed by atoms with van der Waals surface area (Å²) < 4.78 is 23.8. The number of carbonyl (C=O) groups excluding carboxylic acids is 1. The third-order valence-electron chi connectivity index (χ3n) is 2.02. The molecule has 7 heteroatoms. The molecular weight excluding hydrogens is 230 g/mol. The van der Waals surface area contributed by atoms with Gasteiger partial charge in [0, 0.05) is 33.6 Å². The minimum atomic E-state index is -3.22. The number of rotatable bonds is 8. The van der Waals surface area contributed by atoms with Crippen molar-refractivity contribution in [3.63, 3.8) is 0 Å². The standard InChI is InChI=1S/C9H21N3O3S/c1-4-10-6-5-9(13)11-7-8-16(14,15)12(2)3/h10H,4-8H2,1-3H3,(H,11,13). The maximum atomic E-state index is 11.3. The van der Waals surface area contributed by atoms with Crippen molar-refractivity contribution in [3.05, 3.63) is 0 Å². The number of hydrogen-bond donors (Lipinski definition) is 2. The Morgan fingerprint density at radius 3 is 2.38 bits per heavy atom. The Bertz CT molecular complexity index is 301. The minimum Gasteiger partial charge on any atom is -0.355 e. The van der Waals surface area contributed by atoms with E-state index >= 15 is 0 Å². The Hall–Kier alpha value is -0.660. The van der Waals surface area contributed by atoms with Crippen molar-refractivity contribution in [2.24, 2.45) is 0 Å². The topological polar surface area (TPSA) is 78.5 Å². The SMILES string of the molecule is CCNCCC(=O)NCCS(=O)(=O)N(C)C. The highest BCUT2D eigenvalue weighted by molar-refractivity contribution is 7.89. The first kappa shape index (κ1) is 15.3. The molecule has 0 aliphatic heterocycles. The van der Waals surface area contributed by atoms with Gasteiger partial charge in [0.25, 0.3) is 0 Å². The third-order valence-corrected chi connectivity index (χ3v) is 3.85. The van der Waals surface area contributed by atoms with E-state index in [9.17, 15) is 13.2 Å². The highest BCUT2D eigenvalue weighted by Gasteiger charge is 2.13. The van der Waals surface area contributed by atoms with Gasteiger partial charge in [0.1, 0.15) is 0 Å². The number of amides is 1. The second-order valence-corrected chi connectivity index (χ2v) is 5.85. The predicted octanol–water partition coefficient (Wildman–Crippen LogP) is -1.01. The van der Waals surface area contributed by atoms with Gasteiger partial charge in [-0.3, -0.25) is 4.79 Å². The molecule has 0 rings (SSSR count). The fourth-order valence-electron chi connectivity index (χ4n) is 0.969. The van der Waals surface area contributed by atoms with Crippen LogP contribution in [0, 0.1) is 0 Å². The maximum Gasteiger partial charge on any atom is 0.221 e. The lowest BCUT2D eigenvalue weighted by atomic mass is 10.4. The second-order valence-electron chi connectivity index (χ2n) is 3.55. The van der Waals surface area contributed by atoms with Gasteiger partial charge in [0.05, 0.1) is 5.75 Å². The molecule has 0 saturated carbocycles. The molecule has 0 radical (unpaired) electrons. The molecule has 0 spiro atoms. The van der Waals surface area contributed by atoms with E-state index in [1.54, 1.807) is 0 Å². The molecule has 0 bridgehead atoms. The average Bonchev–Trinajstić information content (AvgIpc) is 2.17. The Kier molecular flexibility index (Phi) is 7.27. The summed E-state index contributed by atoms with van der Waals surface area (Å²) in [5, 5.41) is 5.58. The monoisotopic (exact) mass is 251 g/mol. The largest absolute Gasteiger partial charge is 0.355 e. The molecule has 2 N–H and O–H groups in total. The van der Waals surface area contributed by atoms with Gasteiger partial charge in [-0.2, -0.15) is 0 Å². The summed E-state index contributed by atoms with van der Waals surface area (Å²) in [6, 6.07) is 0. The van der Waals surface area contributed by atoms with E-state index in [4.69, 9.17) is 0 Å². The molecule has 16 heavy (non-hydrogen) atoms. The second kappa shape index (κ2) is 7.59. The Balaban J connectivity index is 3.70.